The van der Waals surface area contributed by atoms with E-state index in [4.69, 9.17) is 39.5 Å². The van der Waals surface area contributed by atoms with Crippen LogP contribution in [0.3, 0.4) is 0 Å². The zero-order valence-electron chi connectivity index (χ0n) is 8.88. The Labute approximate surface area is 114 Å². The Morgan fingerprint density at radius 2 is 1.76 bits per heavy atom. The fourth-order valence-corrected chi connectivity index (χ4v) is 1.81. The van der Waals surface area contributed by atoms with Gasteiger partial charge >= 0.3 is 0 Å². The molecule has 1 heterocycles. The number of aryl methyl sites for hydroxylation is 1. The molecule has 0 atom stereocenters. The second kappa shape index (κ2) is 5.13. The molecule has 0 bridgehead atoms. The molecule has 0 aliphatic carbocycles. The van der Waals surface area contributed by atoms with Crippen molar-refractivity contribution in [1.29, 1.82) is 0 Å². The Hall–Kier alpha value is -0.960. The molecule has 1 aromatic heterocycles. The van der Waals surface area contributed by atoms with Gasteiger partial charge in [0.15, 0.2) is 0 Å². The minimum absolute atomic E-state index is 0.416. The van der Waals surface area contributed by atoms with Crippen molar-refractivity contribution in [3.63, 3.8) is 0 Å². The van der Waals surface area contributed by atoms with Crippen molar-refractivity contribution in [2.24, 2.45) is 0 Å². The molecule has 1 aromatic carbocycles. The molecule has 2 aromatic rings. The quantitative estimate of drug-likeness (QED) is 0.763. The van der Waals surface area contributed by atoms with Gasteiger partial charge in [0.2, 0.25) is 5.88 Å². The highest BCUT2D eigenvalue weighted by Crippen LogP contribution is 2.32. The summed E-state index contributed by atoms with van der Waals surface area (Å²) in [5.41, 5.74) is 0.876. The van der Waals surface area contributed by atoms with E-state index in [0.29, 0.717) is 26.7 Å². The lowest BCUT2D eigenvalue weighted by atomic mass is 10.2. The van der Waals surface area contributed by atoms with Crippen molar-refractivity contribution in [3.8, 4) is 11.6 Å². The molecule has 0 unspecified atom stereocenters. The highest BCUT2D eigenvalue weighted by atomic mass is 35.5. The number of hydrogen-bond acceptors (Lipinski definition) is 2. The minimum Gasteiger partial charge on any atom is -0.439 e. The van der Waals surface area contributed by atoms with E-state index in [9.17, 15) is 0 Å². The van der Waals surface area contributed by atoms with Crippen molar-refractivity contribution in [2.45, 2.75) is 6.92 Å². The zero-order chi connectivity index (χ0) is 12.4. The van der Waals surface area contributed by atoms with Crippen LogP contribution in [0.2, 0.25) is 15.1 Å². The number of rotatable bonds is 2. The van der Waals surface area contributed by atoms with E-state index in [1.807, 2.05) is 6.92 Å². The largest absolute Gasteiger partial charge is 0.439 e. The van der Waals surface area contributed by atoms with E-state index >= 15 is 0 Å². The van der Waals surface area contributed by atoms with Crippen LogP contribution < -0.4 is 4.74 Å². The normalized spacial score (nSPS) is 10.4. The molecular formula is C12H8Cl3NO. The number of nitrogens with zero attached hydrogens (tertiary/aromatic N) is 1. The van der Waals surface area contributed by atoms with E-state index in [1.165, 1.54) is 0 Å². The van der Waals surface area contributed by atoms with E-state index in [1.54, 1.807) is 30.5 Å². The smallest absolute Gasteiger partial charge is 0.220 e. The number of benzene rings is 1. The highest BCUT2D eigenvalue weighted by molar-refractivity contribution is 6.42. The van der Waals surface area contributed by atoms with Crippen molar-refractivity contribution >= 4 is 34.8 Å². The van der Waals surface area contributed by atoms with Gasteiger partial charge in [-0.05, 0) is 24.6 Å². The third-order valence-electron chi connectivity index (χ3n) is 2.13. The Morgan fingerprint density at radius 3 is 2.47 bits per heavy atom. The van der Waals surface area contributed by atoms with Gasteiger partial charge in [0.25, 0.3) is 0 Å². The summed E-state index contributed by atoms with van der Waals surface area (Å²) in [5, 5.41) is 1.50. The maximum absolute atomic E-state index is 5.92. The molecular weight excluding hydrogens is 280 g/mol. The van der Waals surface area contributed by atoms with Gasteiger partial charge in [-0.2, -0.15) is 0 Å². The number of halogens is 3. The summed E-state index contributed by atoms with van der Waals surface area (Å²) in [6.45, 7) is 1.88. The number of hydrogen-bond donors (Lipinski definition) is 0. The highest BCUT2D eigenvalue weighted by Gasteiger charge is 2.07. The van der Waals surface area contributed by atoms with Crippen LogP contribution in [-0.4, -0.2) is 4.98 Å². The Bertz CT molecular complexity index is 557. The van der Waals surface area contributed by atoms with Crippen molar-refractivity contribution < 1.29 is 4.74 Å². The fraction of sp³-hybridized carbons (Fsp3) is 0.0833. The van der Waals surface area contributed by atoms with Crippen LogP contribution in [-0.2, 0) is 0 Å². The molecule has 88 valence electrons. The van der Waals surface area contributed by atoms with E-state index in [0.717, 1.165) is 5.56 Å². The third-order valence-corrected chi connectivity index (χ3v) is 3.09. The Morgan fingerprint density at radius 1 is 1.06 bits per heavy atom. The third kappa shape index (κ3) is 3.03. The number of ether oxygens (including phenoxy) is 1. The lowest BCUT2D eigenvalue weighted by molar-refractivity contribution is 0.459. The van der Waals surface area contributed by atoms with Crippen LogP contribution in [0.25, 0.3) is 0 Å². The zero-order valence-corrected chi connectivity index (χ0v) is 11.1. The van der Waals surface area contributed by atoms with Gasteiger partial charge in [-0.15, -0.1) is 0 Å². The van der Waals surface area contributed by atoms with Crippen LogP contribution >= 0.6 is 34.8 Å². The lowest BCUT2D eigenvalue weighted by Crippen LogP contribution is -1.90. The summed E-state index contributed by atoms with van der Waals surface area (Å²) in [5.74, 6) is 1.02. The summed E-state index contributed by atoms with van der Waals surface area (Å²) in [7, 11) is 0. The summed E-state index contributed by atoms with van der Waals surface area (Å²) in [6.07, 6.45) is 1.57. The van der Waals surface area contributed by atoms with Crippen molar-refractivity contribution in [1.82, 2.24) is 4.98 Å². The van der Waals surface area contributed by atoms with Gasteiger partial charge in [0.05, 0.1) is 10.0 Å². The predicted octanol–water partition coefficient (Wildman–Crippen LogP) is 5.14. The lowest BCUT2D eigenvalue weighted by Gasteiger charge is -2.09. The van der Waals surface area contributed by atoms with Gasteiger partial charge < -0.3 is 4.74 Å². The first-order valence-electron chi connectivity index (χ1n) is 4.81. The molecule has 0 amide bonds. The van der Waals surface area contributed by atoms with Crippen LogP contribution in [0.1, 0.15) is 5.56 Å². The minimum atomic E-state index is 0.416. The summed E-state index contributed by atoms with van der Waals surface area (Å²) >= 11 is 17.7. The molecule has 17 heavy (non-hydrogen) atoms. The van der Waals surface area contributed by atoms with E-state index < -0.39 is 0 Å². The topological polar surface area (TPSA) is 22.1 Å². The Balaban J connectivity index is 2.33. The Kier molecular flexibility index (Phi) is 3.77. The first-order valence-corrected chi connectivity index (χ1v) is 5.94. The standard InChI is InChI=1S/C12H8Cl3NO/c1-7-4-9(14)10(15)6-11(7)17-12-5-8(13)2-3-16-12/h2-6H,1H3. The molecule has 2 nitrogen and oxygen atoms in total. The van der Waals surface area contributed by atoms with Gasteiger partial charge in [0.1, 0.15) is 5.75 Å². The van der Waals surface area contributed by atoms with E-state index in [2.05, 4.69) is 4.98 Å². The summed E-state index contributed by atoms with van der Waals surface area (Å²) in [4.78, 5) is 4.05. The first kappa shape index (κ1) is 12.5. The second-order valence-corrected chi connectivity index (χ2v) is 4.70. The van der Waals surface area contributed by atoms with Crippen LogP contribution in [0.4, 0.5) is 0 Å². The molecule has 0 saturated heterocycles. The molecule has 0 radical (unpaired) electrons. The van der Waals surface area contributed by atoms with Gasteiger partial charge in [0, 0.05) is 23.4 Å². The maximum atomic E-state index is 5.92. The van der Waals surface area contributed by atoms with Gasteiger partial charge in [-0.25, -0.2) is 4.98 Å². The first-order chi connectivity index (χ1) is 8.06. The van der Waals surface area contributed by atoms with Crippen LogP contribution in [0.15, 0.2) is 30.5 Å². The number of aromatic nitrogens is 1. The van der Waals surface area contributed by atoms with E-state index in [-0.39, 0.29) is 0 Å². The number of pyridine rings is 1. The SMILES string of the molecule is Cc1cc(Cl)c(Cl)cc1Oc1cc(Cl)ccn1. The molecule has 2 rings (SSSR count). The molecule has 0 aliphatic rings. The predicted molar refractivity (Wildman–Crippen MR) is 70.5 cm³/mol. The summed E-state index contributed by atoms with van der Waals surface area (Å²) in [6, 6.07) is 6.70. The average Bonchev–Trinajstić information content (AvgIpc) is 2.26. The van der Waals surface area contributed by atoms with Crippen molar-refractivity contribution in [3.05, 3.63) is 51.1 Å². The molecule has 0 N–H and O–H groups in total. The average molecular weight is 289 g/mol. The molecule has 0 fully saturated rings. The monoisotopic (exact) mass is 287 g/mol. The van der Waals surface area contributed by atoms with Gasteiger partial charge in [-0.1, -0.05) is 34.8 Å². The van der Waals surface area contributed by atoms with Gasteiger partial charge in [-0.3, -0.25) is 0 Å². The molecule has 0 spiro atoms. The molecule has 0 saturated carbocycles. The summed E-state index contributed by atoms with van der Waals surface area (Å²) < 4.78 is 5.59. The van der Waals surface area contributed by atoms with Crippen LogP contribution in [0, 0.1) is 6.92 Å². The fourth-order valence-electron chi connectivity index (χ4n) is 1.29. The molecule has 5 heteroatoms. The maximum Gasteiger partial charge on any atom is 0.220 e. The van der Waals surface area contributed by atoms with Crippen LogP contribution in [0.5, 0.6) is 11.6 Å². The second-order valence-electron chi connectivity index (χ2n) is 3.45. The van der Waals surface area contributed by atoms with Crippen molar-refractivity contribution in [2.75, 3.05) is 0 Å². The molecule has 0 aliphatic heterocycles.